The summed E-state index contributed by atoms with van der Waals surface area (Å²) < 4.78 is 27.7. The molecular weight excluding hydrogens is 308 g/mol. The monoisotopic (exact) mass is 330 g/mol. The van der Waals surface area contributed by atoms with Crippen LogP contribution in [-0.2, 0) is 15.4 Å². The van der Waals surface area contributed by atoms with Crippen LogP contribution in [0.25, 0.3) is 0 Å². The molecule has 0 spiro atoms. The smallest absolute Gasteiger partial charge is 0.261 e. The van der Waals surface area contributed by atoms with Gasteiger partial charge in [0.05, 0.1) is 4.90 Å². The van der Waals surface area contributed by atoms with E-state index in [0.717, 1.165) is 17.8 Å². The van der Waals surface area contributed by atoms with Crippen LogP contribution in [0.15, 0.2) is 47.4 Å². The first kappa shape index (κ1) is 15.9. The summed E-state index contributed by atoms with van der Waals surface area (Å²) >= 11 is 0. The molecule has 1 aliphatic heterocycles. The van der Waals surface area contributed by atoms with E-state index < -0.39 is 10.0 Å². The number of likely N-dealkylation sites (N-methyl/N-ethyl adjacent to an activating group) is 1. The number of nitrogens with one attached hydrogen (secondary N) is 1. The molecule has 2 aromatic rings. The lowest BCUT2D eigenvalue weighted by atomic mass is 9.87. The minimum absolute atomic E-state index is 0.00932. The molecule has 1 aliphatic rings. The van der Waals surface area contributed by atoms with Crippen LogP contribution in [0, 0.1) is 6.92 Å². The molecule has 3 rings (SSSR count). The van der Waals surface area contributed by atoms with Crippen LogP contribution in [0.2, 0.25) is 0 Å². The van der Waals surface area contributed by atoms with Gasteiger partial charge in [-0.1, -0.05) is 31.5 Å². The third-order valence-corrected chi connectivity index (χ3v) is 5.75. The second-order valence-electron chi connectivity index (χ2n) is 6.89. The van der Waals surface area contributed by atoms with E-state index >= 15 is 0 Å². The number of sulfonamides is 1. The van der Waals surface area contributed by atoms with Crippen molar-refractivity contribution in [2.75, 3.05) is 23.2 Å². The predicted molar refractivity (Wildman–Crippen MR) is 94.7 cm³/mol. The van der Waals surface area contributed by atoms with Crippen LogP contribution in [-0.4, -0.2) is 22.0 Å². The van der Waals surface area contributed by atoms with Crippen LogP contribution >= 0.6 is 0 Å². The Morgan fingerprint density at radius 1 is 1.09 bits per heavy atom. The highest BCUT2D eigenvalue weighted by atomic mass is 32.2. The number of nitrogens with zero attached hydrogens (tertiary/aromatic N) is 1. The van der Waals surface area contributed by atoms with Gasteiger partial charge in [-0.05, 0) is 42.8 Å². The van der Waals surface area contributed by atoms with E-state index in [4.69, 9.17) is 0 Å². The lowest BCUT2D eigenvalue weighted by Gasteiger charge is -2.19. The van der Waals surface area contributed by atoms with Crippen molar-refractivity contribution in [3.63, 3.8) is 0 Å². The molecule has 0 aliphatic carbocycles. The molecule has 4 nitrogen and oxygen atoms in total. The van der Waals surface area contributed by atoms with Crippen LogP contribution in [0.4, 0.5) is 11.4 Å². The number of fused-ring (bicyclic) bond motifs is 1. The van der Waals surface area contributed by atoms with E-state index in [1.165, 1.54) is 5.56 Å². The standard InChI is InChI=1S/C18H22N2O2S/c1-13-5-8-15(9-6-13)23(21,22)19-14-7-10-17-16(11-14)18(2,3)12-20(17)4/h5-11,19H,12H2,1-4H3. The molecule has 0 fully saturated rings. The third-order valence-electron chi connectivity index (χ3n) is 4.35. The van der Waals surface area contributed by atoms with E-state index in [2.05, 4.69) is 30.5 Å². The molecule has 0 saturated carbocycles. The van der Waals surface area contributed by atoms with Gasteiger partial charge in [-0.2, -0.15) is 0 Å². The molecule has 0 saturated heterocycles. The maximum Gasteiger partial charge on any atom is 0.261 e. The van der Waals surface area contributed by atoms with Gasteiger partial charge in [-0.3, -0.25) is 4.72 Å². The molecule has 1 heterocycles. The fourth-order valence-electron chi connectivity index (χ4n) is 3.17. The number of anilines is 2. The topological polar surface area (TPSA) is 49.4 Å². The van der Waals surface area contributed by atoms with Crippen molar-refractivity contribution in [2.45, 2.75) is 31.1 Å². The summed E-state index contributed by atoms with van der Waals surface area (Å²) in [7, 11) is -1.50. The second-order valence-corrected chi connectivity index (χ2v) is 8.57. The number of rotatable bonds is 3. The maximum atomic E-state index is 12.5. The van der Waals surface area contributed by atoms with Crippen LogP contribution in [0.5, 0.6) is 0 Å². The molecule has 1 N–H and O–H groups in total. The normalized spacial score (nSPS) is 16.3. The molecule has 5 heteroatoms. The van der Waals surface area contributed by atoms with Crippen molar-refractivity contribution < 1.29 is 8.42 Å². The van der Waals surface area contributed by atoms with Gasteiger partial charge in [0.1, 0.15) is 0 Å². The minimum atomic E-state index is -3.56. The predicted octanol–water partition coefficient (Wildman–Crippen LogP) is 3.52. The van der Waals surface area contributed by atoms with Gasteiger partial charge in [0, 0.05) is 30.4 Å². The molecule has 0 radical (unpaired) electrons. The zero-order valence-electron chi connectivity index (χ0n) is 13.9. The van der Waals surface area contributed by atoms with E-state index in [-0.39, 0.29) is 10.3 Å². The Hall–Kier alpha value is -2.01. The van der Waals surface area contributed by atoms with Crippen molar-refractivity contribution in [3.8, 4) is 0 Å². The van der Waals surface area contributed by atoms with Gasteiger partial charge >= 0.3 is 0 Å². The lowest BCUT2D eigenvalue weighted by Crippen LogP contribution is -2.25. The van der Waals surface area contributed by atoms with Crippen molar-refractivity contribution >= 4 is 21.4 Å². The molecule has 0 bridgehead atoms. The lowest BCUT2D eigenvalue weighted by molar-refractivity contribution is 0.563. The summed E-state index contributed by atoms with van der Waals surface area (Å²) in [6, 6.07) is 12.6. The van der Waals surface area contributed by atoms with Gasteiger partial charge in [0.25, 0.3) is 10.0 Å². The zero-order chi connectivity index (χ0) is 16.8. The van der Waals surface area contributed by atoms with E-state index in [0.29, 0.717) is 5.69 Å². The molecule has 0 aromatic heterocycles. The SMILES string of the molecule is Cc1ccc(S(=O)(=O)Nc2ccc3c(c2)C(C)(C)CN3C)cc1. The molecule has 122 valence electrons. The molecule has 0 atom stereocenters. The Bertz CT molecular complexity index is 840. The number of benzene rings is 2. The van der Waals surface area contributed by atoms with Gasteiger partial charge in [-0.25, -0.2) is 8.42 Å². The van der Waals surface area contributed by atoms with E-state index in [1.54, 1.807) is 24.3 Å². The first-order valence-corrected chi connectivity index (χ1v) is 9.12. The van der Waals surface area contributed by atoms with Gasteiger partial charge in [0.2, 0.25) is 0 Å². The molecular formula is C18H22N2O2S. The van der Waals surface area contributed by atoms with E-state index in [9.17, 15) is 8.42 Å². The average Bonchev–Trinajstić information content (AvgIpc) is 2.68. The summed E-state index contributed by atoms with van der Waals surface area (Å²) in [5, 5.41) is 0. The quantitative estimate of drug-likeness (QED) is 0.937. The Balaban J connectivity index is 1.94. The largest absolute Gasteiger partial charge is 0.373 e. The Labute approximate surface area is 138 Å². The highest BCUT2D eigenvalue weighted by molar-refractivity contribution is 7.92. The summed E-state index contributed by atoms with van der Waals surface area (Å²) in [5.74, 6) is 0. The van der Waals surface area contributed by atoms with Gasteiger partial charge in [0.15, 0.2) is 0 Å². The molecule has 2 aromatic carbocycles. The fraction of sp³-hybridized carbons (Fsp3) is 0.333. The molecule has 23 heavy (non-hydrogen) atoms. The van der Waals surface area contributed by atoms with Crippen molar-refractivity contribution in [3.05, 3.63) is 53.6 Å². The summed E-state index contributed by atoms with van der Waals surface area (Å²) in [4.78, 5) is 2.48. The van der Waals surface area contributed by atoms with Crippen molar-refractivity contribution in [2.24, 2.45) is 0 Å². The van der Waals surface area contributed by atoms with Crippen molar-refractivity contribution in [1.82, 2.24) is 0 Å². The Morgan fingerprint density at radius 2 is 1.74 bits per heavy atom. The number of hydrogen-bond donors (Lipinski definition) is 1. The fourth-order valence-corrected chi connectivity index (χ4v) is 4.22. The van der Waals surface area contributed by atoms with Gasteiger partial charge < -0.3 is 4.90 Å². The van der Waals surface area contributed by atoms with Crippen LogP contribution in [0.3, 0.4) is 0 Å². The number of aryl methyl sites for hydroxylation is 1. The summed E-state index contributed by atoms with van der Waals surface area (Å²) in [5.41, 5.74) is 3.98. The maximum absolute atomic E-state index is 12.5. The summed E-state index contributed by atoms with van der Waals surface area (Å²) in [6.45, 7) is 7.21. The average molecular weight is 330 g/mol. The highest BCUT2D eigenvalue weighted by Crippen LogP contribution is 2.41. The zero-order valence-corrected chi connectivity index (χ0v) is 14.7. The van der Waals surface area contributed by atoms with Gasteiger partial charge in [-0.15, -0.1) is 0 Å². The highest BCUT2D eigenvalue weighted by Gasteiger charge is 2.33. The van der Waals surface area contributed by atoms with Crippen molar-refractivity contribution in [1.29, 1.82) is 0 Å². The van der Waals surface area contributed by atoms with Crippen LogP contribution < -0.4 is 9.62 Å². The Kier molecular flexibility index (Phi) is 3.64. The Morgan fingerprint density at radius 3 is 2.39 bits per heavy atom. The first-order valence-electron chi connectivity index (χ1n) is 7.64. The molecule has 0 amide bonds. The number of hydrogen-bond acceptors (Lipinski definition) is 3. The van der Waals surface area contributed by atoms with Crippen LogP contribution in [0.1, 0.15) is 25.0 Å². The van der Waals surface area contributed by atoms with E-state index in [1.807, 2.05) is 25.1 Å². The first-order chi connectivity index (χ1) is 10.7. The summed E-state index contributed by atoms with van der Waals surface area (Å²) in [6.07, 6.45) is 0. The second kappa shape index (κ2) is 5.27. The molecule has 0 unspecified atom stereocenters. The minimum Gasteiger partial charge on any atom is -0.373 e. The third kappa shape index (κ3) is 2.93.